The Morgan fingerprint density at radius 2 is 2.10 bits per heavy atom. The highest BCUT2D eigenvalue weighted by molar-refractivity contribution is 5.25. The van der Waals surface area contributed by atoms with Gasteiger partial charge in [0.1, 0.15) is 11.5 Å². The van der Waals surface area contributed by atoms with Crippen LogP contribution in [0.25, 0.3) is 0 Å². The van der Waals surface area contributed by atoms with Crippen molar-refractivity contribution in [3.63, 3.8) is 0 Å². The summed E-state index contributed by atoms with van der Waals surface area (Å²) in [5.41, 5.74) is 2.59. The van der Waals surface area contributed by atoms with Gasteiger partial charge in [-0.3, -0.25) is 0 Å². The number of hydrogen-bond donors (Lipinski definition) is 1. The Hall–Kier alpha value is -0.830. The Labute approximate surface area is 122 Å². The number of fused-ring (bicyclic) bond motifs is 1. The zero-order valence-corrected chi connectivity index (χ0v) is 12.8. The maximum absolute atomic E-state index is 5.50. The third-order valence-electron chi connectivity index (χ3n) is 5.15. The van der Waals surface area contributed by atoms with Crippen molar-refractivity contribution in [3.05, 3.63) is 17.0 Å². The van der Waals surface area contributed by atoms with Gasteiger partial charge in [-0.15, -0.1) is 0 Å². The molecule has 0 unspecified atom stereocenters. The van der Waals surface area contributed by atoms with E-state index in [-0.39, 0.29) is 0 Å². The van der Waals surface area contributed by atoms with E-state index in [1.54, 1.807) is 0 Å². The molecule has 3 heteroatoms. The average Bonchev–Trinajstić information content (AvgIpc) is 3.09. The summed E-state index contributed by atoms with van der Waals surface area (Å²) in [4.78, 5) is 0. The highest BCUT2D eigenvalue weighted by Gasteiger charge is 2.27. The van der Waals surface area contributed by atoms with E-state index in [2.05, 4.69) is 17.4 Å². The van der Waals surface area contributed by atoms with E-state index in [0.29, 0.717) is 6.04 Å². The van der Waals surface area contributed by atoms with Crippen molar-refractivity contribution < 1.29 is 4.52 Å². The lowest BCUT2D eigenvalue weighted by molar-refractivity contribution is 0.350. The molecule has 3 rings (SSSR count). The third kappa shape index (κ3) is 3.08. The van der Waals surface area contributed by atoms with Gasteiger partial charge in [0.05, 0.1) is 0 Å². The van der Waals surface area contributed by atoms with Gasteiger partial charge in [-0.2, -0.15) is 0 Å². The van der Waals surface area contributed by atoms with Crippen molar-refractivity contribution >= 4 is 0 Å². The molecular weight excluding hydrogens is 248 g/mol. The molecule has 0 spiro atoms. The molecular formula is C17H28N2O. The maximum Gasteiger partial charge on any atom is 0.140 e. The molecule has 1 N–H and O–H groups in total. The minimum atomic E-state index is 0.706. The van der Waals surface area contributed by atoms with Gasteiger partial charge in [-0.05, 0) is 44.4 Å². The predicted molar refractivity (Wildman–Crippen MR) is 80.6 cm³/mol. The second-order valence-electron chi connectivity index (χ2n) is 6.56. The summed E-state index contributed by atoms with van der Waals surface area (Å²) in [6.07, 6.45) is 13.0. The molecule has 0 radical (unpaired) electrons. The van der Waals surface area contributed by atoms with Crippen LogP contribution in [0.1, 0.15) is 75.3 Å². The summed E-state index contributed by atoms with van der Waals surface area (Å²) in [5.74, 6) is 2.04. The van der Waals surface area contributed by atoms with Gasteiger partial charge in [0.25, 0.3) is 0 Å². The first-order chi connectivity index (χ1) is 9.88. The first-order valence-corrected chi connectivity index (χ1v) is 8.58. The number of unbranched alkanes of at least 4 members (excludes halogenated alkanes) is 1. The summed E-state index contributed by atoms with van der Waals surface area (Å²) in [7, 11) is 0. The van der Waals surface area contributed by atoms with Crippen molar-refractivity contribution in [2.45, 2.75) is 83.7 Å². The Morgan fingerprint density at radius 1 is 1.20 bits per heavy atom. The monoisotopic (exact) mass is 276 g/mol. The Balaban J connectivity index is 1.55. The molecule has 20 heavy (non-hydrogen) atoms. The van der Waals surface area contributed by atoms with Crippen molar-refractivity contribution in [3.8, 4) is 0 Å². The van der Waals surface area contributed by atoms with Crippen molar-refractivity contribution in [2.24, 2.45) is 5.92 Å². The number of hydrogen-bond acceptors (Lipinski definition) is 3. The van der Waals surface area contributed by atoms with Gasteiger partial charge >= 0.3 is 0 Å². The van der Waals surface area contributed by atoms with Gasteiger partial charge in [0, 0.05) is 24.6 Å². The molecule has 112 valence electrons. The molecule has 2 atom stereocenters. The van der Waals surface area contributed by atoms with E-state index < -0.39 is 0 Å². The quantitative estimate of drug-likeness (QED) is 0.853. The number of nitrogens with zero attached hydrogens (tertiary/aromatic N) is 1. The van der Waals surface area contributed by atoms with Crippen LogP contribution in [-0.2, 0) is 19.4 Å². The van der Waals surface area contributed by atoms with Crippen LogP contribution in [-0.4, -0.2) is 11.2 Å². The fourth-order valence-corrected chi connectivity index (χ4v) is 3.93. The van der Waals surface area contributed by atoms with Gasteiger partial charge in [-0.25, -0.2) is 0 Å². The summed E-state index contributed by atoms with van der Waals surface area (Å²) in [6, 6.07) is 0.706. The van der Waals surface area contributed by atoms with Crippen LogP contribution in [0.3, 0.4) is 0 Å². The molecule has 1 saturated carbocycles. The fraction of sp³-hybridized carbons (Fsp3) is 0.824. The normalized spacial score (nSPS) is 25.9. The van der Waals surface area contributed by atoms with E-state index in [4.69, 9.17) is 4.52 Å². The van der Waals surface area contributed by atoms with Crippen molar-refractivity contribution in [2.75, 3.05) is 0 Å². The molecule has 1 aromatic rings. The molecule has 2 aliphatic carbocycles. The zero-order valence-electron chi connectivity index (χ0n) is 12.8. The van der Waals surface area contributed by atoms with Crippen molar-refractivity contribution in [1.29, 1.82) is 0 Å². The lowest BCUT2D eigenvalue weighted by atomic mass is 9.95. The van der Waals surface area contributed by atoms with Crippen LogP contribution < -0.4 is 5.32 Å². The summed E-state index contributed by atoms with van der Waals surface area (Å²) in [6.45, 7) is 3.20. The fourth-order valence-electron chi connectivity index (χ4n) is 3.93. The minimum Gasteiger partial charge on any atom is -0.361 e. The largest absolute Gasteiger partial charge is 0.361 e. The molecule has 0 amide bonds. The van der Waals surface area contributed by atoms with Crippen LogP contribution in [0.15, 0.2) is 4.52 Å². The highest BCUT2D eigenvalue weighted by Crippen LogP contribution is 2.30. The van der Waals surface area contributed by atoms with Gasteiger partial charge in [0.15, 0.2) is 0 Å². The van der Waals surface area contributed by atoms with E-state index in [0.717, 1.165) is 24.6 Å². The molecule has 0 aromatic carbocycles. The molecule has 0 aliphatic heterocycles. The Bertz CT molecular complexity index is 427. The van der Waals surface area contributed by atoms with Crippen LogP contribution in [0.2, 0.25) is 0 Å². The lowest BCUT2D eigenvalue weighted by Crippen LogP contribution is -2.32. The average molecular weight is 276 g/mol. The number of nitrogens with one attached hydrogen (secondary N) is 1. The molecule has 1 aromatic heterocycles. The third-order valence-corrected chi connectivity index (χ3v) is 5.15. The number of rotatable bonds is 6. The maximum atomic E-state index is 5.50. The van der Waals surface area contributed by atoms with Gasteiger partial charge in [0.2, 0.25) is 0 Å². The predicted octanol–water partition coefficient (Wildman–Crippen LogP) is 4.00. The minimum absolute atomic E-state index is 0.706. The highest BCUT2D eigenvalue weighted by atomic mass is 16.5. The van der Waals surface area contributed by atoms with E-state index in [9.17, 15) is 0 Å². The smallest absolute Gasteiger partial charge is 0.140 e. The number of aromatic nitrogens is 1. The van der Waals surface area contributed by atoms with Gasteiger partial charge in [-0.1, -0.05) is 31.3 Å². The van der Waals surface area contributed by atoms with Crippen molar-refractivity contribution in [1.82, 2.24) is 10.5 Å². The standard InChI is InChI=1S/C17H28N2O/c1-2-3-7-13-8-6-10-15(13)18-12-16-14-9-4-5-11-17(14)20-19-16/h13,15,18H,2-12H2,1H3/t13-,15-/m0/s1. The van der Waals surface area contributed by atoms with Crippen LogP contribution in [0.5, 0.6) is 0 Å². The second-order valence-corrected chi connectivity index (χ2v) is 6.56. The molecule has 0 saturated heterocycles. The summed E-state index contributed by atoms with van der Waals surface area (Å²) < 4.78 is 5.50. The molecule has 2 aliphatic rings. The van der Waals surface area contributed by atoms with Gasteiger partial charge < -0.3 is 9.84 Å². The van der Waals surface area contributed by atoms with E-state index >= 15 is 0 Å². The number of aryl methyl sites for hydroxylation is 1. The topological polar surface area (TPSA) is 38.1 Å². The second kappa shape index (κ2) is 6.75. The summed E-state index contributed by atoms with van der Waals surface area (Å²) in [5, 5.41) is 8.08. The Morgan fingerprint density at radius 3 is 3.00 bits per heavy atom. The molecule has 0 bridgehead atoms. The zero-order chi connectivity index (χ0) is 13.8. The summed E-state index contributed by atoms with van der Waals surface area (Å²) >= 11 is 0. The SMILES string of the molecule is CCCC[C@H]1CCC[C@@H]1NCc1noc2c1CCCC2. The molecule has 3 nitrogen and oxygen atoms in total. The first-order valence-electron chi connectivity index (χ1n) is 8.58. The first kappa shape index (κ1) is 14.1. The lowest BCUT2D eigenvalue weighted by Gasteiger charge is -2.20. The molecule has 1 fully saturated rings. The van der Waals surface area contributed by atoms with Crippen LogP contribution in [0.4, 0.5) is 0 Å². The Kier molecular flexibility index (Phi) is 4.77. The van der Waals surface area contributed by atoms with Crippen LogP contribution in [0, 0.1) is 5.92 Å². The van der Waals surface area contributed by atoms with E-state index in [1.165, 1.54) is 69.0 Å². The van der Waals surface area contributed by atoms with Crippen LogP contribution >= 0.6 is 0 Å². The van der Waals surface area contributed by atoms with E-state index in [1.807, 2.05) is 0 Å². The molecule has 1 heterocycles.